The third kappa shape index (κ3) is 2.63. The molecule has 0 spiro atoms. The van der Waals surface area contributed by atoms with E-state index in [1.807, 2.05) is 0 Å². The first kappa shape index (κ1) is 13.0. The van der Waals surface area contributed by atoms with Crippen molar-refractivity contribution in [2.75, 3.05) is 0 Å². The Morgan fingerprint density at radius 2 is 2.10 bits per heavy atom. The number of benzene rings is 1. The Morgan fingerprint density at radius 3 is 2.75 bits per heavy atom. The van der Waals surface area contributed by atoms with Gasteiger partial charge in [0.05, 0.1) is 16.8 Å². The van der Waals surface area contributed by atoms with Crippen LogP contribution in [0, 0.1) is 5.82 Å². The highest BCUT2D eigenvalue weighted by Crippen LogP contribution is 2.25. The number of aromatic nitrogens is 2. The standard InChI is InChI=1S/C13H8FN3OS2/c14-9-1-3-10(4-2-9)17-7-8(6-15-17)5-11-12(18)16-13(19)20-11/h1-7H,(H,16,18,19)/b11-5-. The molecule has 1 fully saturated rings. The smallest absolute Gasteiger partial charge is 0.263 e. The predicted octanol–water partition coefficient (Wildman–Crippen LogP) is 2.50. The summed E-state index contributed by atoms with van der Waals surface area (Å²) in [4.78, 5) is 12.1. The molecule has 20 heavy (non-hydrogen) atoms. The molecule has 2 aromatic rings. The third-order valence-electron chi connectivity index (χ3n) is 2.63. The van der Waals surface area contributed by atoms with Gasteiger partial charge in [-0.25, -0.2) is 9.07 Å². The number of nitrogens with one attached hydrogen (secondary N) is 1. The molecule has 0 atom stereocenters. The van der Waals surface area contributed by atoms with Crippen LogP contribution in [0.15, 0.2) is 41.6 Å². The minimum atomic E-state index is -0.296. The first-order chi connectivity index (χ1) is 9.61. The number of nitrogens with zero attached hydrogens (tertiary/aromatic N) is 2. The SMILES string of the molecule is O=C1NC(=S)S/C1=C\c1cnn(-c2ccc(F)cc2)c1. The Hall–Kier alpha value is -1.99. The number of halogens is 1. The van der Waals surface area contributed by atoms with E-state index in [1.54, 1.807) is 35.3 Å². The molecule has 1 saturated heterocycles. The van der Waals surface area contributed by atoms with Crippen LogP contribution in [-0.4, -0.2) is 20.0 Å². The molecule has 4 nitrogen and oxygen atoms in total. The van der Waals surface area contributed by atoms with Gasteiger partial charge in [0.15, 0.2) is 0 Å². The van der Waals surface area contributed by atoms with Crippen molar-refractivity contribution < 1.29 is 9.18 Å². The fourth-order valence-corrected chi connectivity index (χ4v) is 2.76. The molecule has 100 valence electrons. The quantitative estimate of drug-likeness (QED) is 0.684. The molecule has 1 amide bonds. The van der Waals surface area contributed by atoms with E-state index in [9.17, 15) is 9.18 Å². The highest BCUT2D eigenvalue weighted by molar-refractivity contribution is 8.26. The first-order valence-corrected chi connectivity index (χ1v) is 6.90. The van der Waals surface area contributed by atoms with E-state index < -0.39 is 0 Å². The van der Waals surface area contributed by atoms with Gasteiger partial charge in [-0.3, -0.25) is 4.79 Å². The van der Waals surface area contributed by atoms with Crippen molar-refractivity contribution in [3.05, 3.63) is 52.9 Å². The van der Waals surface area contributed by atoms with Gasteiger partial charge in [0.1, 0.15) is 10.1 Å². The van der Waals surface area contributed by atoms with Gasteiger partial charge < -0.3 is 5.32 Å². The van der Waals surface area contributed by atoms with Crippen LogP contribution in [0.25, 0.3) is 11.8 Å². The maximum Gasteiger partial charge on any atom is 0.263 e. The van der Waals surface area contributed by atoms with Gasteiger partial charge >= 0.3 is 0 Å². The van der Waals surface area contributed by atoms with Gasteiger partial charge in [0.25, 0.3) is 5.91 Å². The molecule has 0 radical (unpaired) electrons. The lowest BCUT2D eigenvalue weighted by molar-refractivity contribution is -0.115. The van der Waals surface area contributed by atoms with E-state index in [2.05, 4.69) is 10.4 Å². The third-order valence-corrected chi connectivity index (χ3v) is 3.80. The highest BCUT2D eigenvalue weighted by Gasteiger charge is 2.22. The topological polar surface area (TPSA) is 46.9 Å². The number of rotatable bonds is 2. The summed E-state index contributed by atoms with van der Waals surface area (Å²) in [6.07, 6.45) is 5.10. The molecule has 1 N–H and O–H groups in total. The van der Waals surface area contributed by atoms with Crippen molar-refractivity contribution in [2.24, 2.45) is 0 Å². The van der Waals surface area contributed by atoms with E-state index in [-0.39, 0.29) is 11.7 Å². The summed E-state index contributed by atoms with van der Waals surface area (Å²) in [5.74, 6) is -0.495. The molecule has 1 aliphatic rings. The van der Waals surface area contributed by atoms with Crippen molar-refractivity contribution in [3.8, 4) is 5.69 Å². The predicted molar refractivity (Wildman–Crippen MR) is 79.8 cm³/mol. The second-order valence-corrected chi connectivity index (χ2v) is 5.77. The summed E-state index contributed by atoms with van der Waals surface area (Å²) in [6.45, 7) is 0. The number of thioether (sulfide) groups is 1. The highest BCUT2D eigenvalue weighted by atomic mass is 32.2. The molecule has 1 aliphatic heterocycles. The van der Waals surface area contributed by atoms with E-state index in [1.165, 1.54) is 23.9 Å². The first-order valence-electron chi connectivity index (χ1n) is 5.67. The van der Waals surface area contributed by atoms with Crippen LogP contribution in [0.3, 0.4) is 0 Å². The zero-order chi connectivity index (χ0) is 14.1. The molecule has 1 aromatic heterocycles. The molecule has 0 bridgehead atoms. The van der Waals surface area contributed by atoms with Gasteiger partial charge in [-0.1, -0.05) is 24.0 Å². The normalized spacial score (nSPS) is 16.8. The Labute approximate surface area is 123 Å². The molecule has 7 heteroatoms. The molecule has 3 rings (SSSR count). The number of hydrogen-bond donors (Lipinski definition) is 1. The Balaban J connectivity index is 1.87. The molecule has 2 heterocycles. The van der Waals surface area contributed by atoms with Crippen molar-refractivity contribution in [1.29, 1.82) is 0 Å². The minimum Gasteiger partial charge on any atom is -0.307 e. The van der Waals surface area contributed by atoms with E-state index in [0.717, 1.165) is 11.3 Å². The van der Waals surface area contributed by atoms with Crippen LogP contribution in [0.4, 0.5) is 4.39 Å². The van der Waals surface area contributed by atoms with Gasteiger partial charge in [0, 0.05) is 11.8 Å². The summed E-state index contributed by atoms with van der Waals surface area (Å²) in [5.41, 5.74) is 1.52. The molecular formula is C13H8FN3OS2. The Bertz CT molecular complexity index is 721. The van der Waals surface area contributed by atoms with Crippen LogP contribution in [-0.2, 0) is 4.79 Å². The lowest BCUT2D eigenvalue weighted by atomic mass is 10.3. The number of thiocarbonyl (C=S) groups is 1. The Kier molecular flexibility index (Phi) is 3.37. The summed E-state index contributed by atoms with van der Waals surface area (Å²) in [6, 6.07) is 6.00. The van der Waals surface area contributed by atoms with Crippen molar-refractivity contribution in [3.63, 3.8) is 0 Å². The summed E-state index contributed by atoms with van der Waals surface area (Å²) in [5, 5.41) is 6.73. The second-order valence-electron chi connectivity index (χ2n) is 4.05. The minimum absolute atomic E-state index is 0.200. The van der Waals surface area contributed by atoms with Crippen LogP contribution in [0.2, 0.25) is 0 Å². The number of amides is 1. The van der Waals surface area contributed by atoms with Crippen LogP contribution >= 0.6 is 24.0 Å². The lowest BCUT2D eigenvalue weighted by Gasteiger charge is -1.99. The van der Waals surface area contributed by atoms with E-state index in [0.29, 0.717) is 9.23 Å². The largest absolute Gasteiger partial charge is 0.307 e. The van der Waals surface area contributed by atoms with Gasteiger partial charge in [-0.05, 0) is 30.3 Å². The molecule has 0 saturated carbocycles. The van der Waals surface area contributed by atoms with Gasteiger partial charge in [-0.15, -0.1) is 0 Å². The summed E-state index contributed by atoms with van der Waals surface area (Å²) >= 11 is 6.14. The fourth-order valence-electron chi connectivity index (χ4n) is 1.72. The summed E-state index contributed by atoms with van der Waals surface area (Å²) in [7, 11) is 0. The maximum atomic E-state index is 12.9. The monoisotopic (exact) mass is 305 g/mol. The van der Waals surface area contributed by atoms with Gasteiger partial charge in [-0.2, -0.15) is 5.10 Å². The van der Waals surface area contributed by atoms with Crippen LogP contribution < -0.4 is 5.32 Å². The zero-order valence-corrected chi connectivity index (χ0v) is 11.7. The number of hydrogen-bond acceptors (Lipinski definition) is 4. The number of carbonyl (C=O) groups excluding carboxylic acids is 1. The molecule has 0 aliphatic carbocycles. The van der Waals surface area contributed by atoms with Crippen molar-refractivity contribution in [2.45, 2.75) is 0 Å². The van der Waals surface area contributed by atoms with E-state index in [4.69, 9.17) is 12.2 Å². The average Bonchev–Trinajstić information content (AvgIpc) is 2.98. The maximum absolute atomic E-state index is 12.9. The van der Waals surface area contributed by atoms with Crippen LogP contribution in [0.5, 0.6) is 0 Å². The number of carbonyl (C=O) groups is 1. The van der Waals surface area contributed by atoms with Crippen molar-refractivity contribution >= 4 is 40.3 Å². The fraction of sp³-hybridized carbons (Fsp3) is 0. The lowest BCUT2D eigenvalue weighted by Crippen LogP contribution is -2.17. The van der Waals surface area contributed by atoms with E-state index >= 15 is 0 Å². The molecular weight excluding hydrogens is 297 g/mol. The Morgan fingerprint density at radius 1 is 1.35 bits per heavy atom. The second kappa shape index (κ2) is 5.18. The van der Waals surface area contributed by atoms with Crippen LogP contribution in [0.1, 0.15) is 5.56 Å². The molecule has 0 unspecified atom stereocenters. The average molecular weight is 305 g/mol. The summed E-state index contributed by atoms with van der Waals surface area (Å²) < 4.78 is 14.9. The van der Waals surface area contributed by atoms with Crippen molar-refractivity contribution in [1.82, 2.24) is 15.1 Å². The zero-order valence-electron chi connectivity index (χ0n) is 10.0. The van der Waals surface area contributed by atoms with Gasteiger partial charge in [0.2, 0.25) is 0 Å². The molecule has 1 aromatic carbocycles.